The molecule has 26 heavy (non-hydrogen) atoms. The second kappa shape index (κ2) is 9.20. The lowest BCUT2D eigenvalue weighted by Crippen LogP contribution is -2.40. The number of rotatable bonds is 7. The molecule has 0 spiro atoms. The van der Waals surface area contributed by atoms with Gasteiger partial charge in [-0.3, -0.25) is 9.59 Å². The molecule has 1 saturated heterocycles. The molecule has 0 saturated carbocycles. The van der Waals surface area contributed by atoms with Crippen molar-refractivity contribution in [3.63, 3.8) is 0 Å². The lowest BCUT2D eigenvalue weighted by molar-refractivity contribution is -0.145. The van der Waals surface area contributed by atoms with Crippen LogP contribution in [0.3, 0.4) is 0 Å². The van der Waals surface area contributed by atoms with Gasteiger partial charge in [0.05, 0.1) is 13.0 Å². The Hall–Kier alpha value is -1.10. The van der Waals surface area contributed by atoms with Crippen molar-refractivity contribution in [1.82, 2.24) is 9.21 Å². The van der Waals surface area contributed by atoms with Crippen molar-refractivity contribution in [3.05, 3.63) is 16.3 Å². The predicted molar refractivity (Wildman–Crippen MR) is 103 cm³/mol. The van der Waals surface area contributed by atoms with Gasteiger partial charge in [-0.2, -0.15) is 16.1 Å². The second-order valence-electron chi connectivity index (χ2n) is 5.90. The fourth-order valence-electron chi connectivity index (χ4n) is 2.69. The Labute approximate surface area is 162 Å². The number of hydrogen-bond acceptors (Lipinski definition) is 7. The number of carbonyl (C=O) groups excluding carboxylic acids is 2. The van der Waals surface area contributed by atoms with Crippen LogP contribution in [0.25, 0.3) is 0 Å². The summed E-state index contributed by atoms with van der Waals surface area (Å²) in [7, 11) is -2.39. The van der Waals surface area contributed by atoms with E-state index in [9.17, 15) is 18.0 Å². The molecule has 1 aliphatic rings. The molecule has 1 aliphatic heterocycles. The lowest BCUT2D eigenvalue weighted by atomic mass is 10.1. The Kier molecular flexibility index (Phi) is 7.51. The van der Waals surface area contributed by atoms with Crippen LogP contribution in [0.5, 0.6) is 0 Å². The van der Waals surface area contributed by atoms with Gasteiger partial charge in [-0.05, 0) is 18.4 Å². The van der Waals surface area contributed by atoms with Crippen LogP contribution in [-0.4, -0.2) is 74.3 Å². The Morgan fingerprint density at radius 3 is 2.58 bits per heavy atom. The maximum atomic E-state index is 12.9. The molecule has 1 aromatic heterocycles. The Morgan fingerprint density at radius 2 is 2.00 bits per heavy atom. The molecule has 2 rings (SSSR count). The fraction of sp³-hybridized carbons (Fsp3) is 0.625. The molecule has 1 unspecified atom stereocenters. The van der Waals surface area contributed by atoms with Gasteiger partial charge in [0.2, 0.25) is 10.0 Å². The highest BCUT2D eigenvalue weighted by Gasteiger charge is 2.33. The van der Waals surface area contributed by atoms with Crippen molar-refractivity contribution in [3.8, 4) is 0 Å². The molecular formula is C16H24N2O5S3. The molecule has 0 bridgehead atoms. The van der Waals surface area contributed by atoms with E-state index in [1.807, 2.05) is 0 Å². The van der Waals surface area contributed by atoms with Crippen molar-refractivity contribution in [1.29, 1.82) is 0 Å². The quantitative estimate of drug-likeness (QED) is 0.625. The average Bonchev–Trinajstić information content (AvgIpc) is 3.16. The number of thiophene rings is 1. The molecule has 7 nitrogen and oxygen atoms in total. The van der Waals surface area contributed by atoms with Crippen LogP contribution >= 0.6 is 23.1 Å². The van der Waals surface area contributed by atoms with E-state index < -0.39 is 21.9 Å². The van der Waals surface area contributed by atoms with E-state index in [4.69, 9.17) is 4.74 Å². The molecule has 146 valence electrons. The summed E-state index contributed by atoms with van der Waals surface area (Å²) >= 11 is 2.84. The van der Waals surface area contributed by atoms with Crippen LogP contribution in [-0.2, 0) is 19.6 Å². The maximum absolute atomic E-state index is 12.9. The average molecular weight is 421 g/mol. The first-order valence-corrected chi connectivity index (χ1v) is 11.8. The topological polar surface area (TPSA) is 84.0 Å². The molecular weight excluding hydrogens is 396 g/mol. The summed E-state index contributed by atoms with van der Waals surface area (Å²) in [6.45, 7) is 4.93. The van der Waals surface area contributed by atoms with Gasteiger partial charge in [-0.25, -0.2) is 8.42 Å². The highest BCUT2D eigenvalue weighted by Crippen LogP contribution is 2.28. The van der Waals surface area contributed by atoms with Gasteiger partial charge in [-0.1, -0.05) is 6.92 Å². The van der Waals surface area contributed by atoms with Gasteiger partial charge < -0.3 is 9.64 Å². The summed E-state index contributed by atoms with van der Waals surface area (Å²) in [4.78, 5) is 26.3. The third-order valence-electron chi connectivity index (χ3n) is 4.18. The van der Waals surface area contributed by atoms with Gasteiger partial charge >= 0.3 is 5.97 Å². The van der Waals surface area contributed by atoms with E-state index in [0.29, 0.717) is 19.6 Å². The van der Waals surface area contributed by atoms with Crippen LogP contribution in [0, 0.1) is 5.92 Å². The van der Waals surface area contributed by atoms with Crippen LogP contribution in [0.4, 0.5) is 0 Å². The van der Waals surface area contributed by atoms with E-state index >= 15 is 0 Å². The smallest absolute Gasteiger partial charge is 0.310 e. The predicted octanol–water partition coefficient (Wildman–Crippen LogP) is 1.76. The van der Waals surface area contributed by atoms with Crippen molar-refractivity contribution in [2.75, 3.05) is 44.8 Å². The summed E-state index contributed by atoms with van der Waals surface area (Å²) in [5, 5.41) is 1.62. The molecule has 0 aromatic carbocycles. The first-order chi connectivity index (χ1) is 12.3. The first kappa shape index (κ1) is 21.2. The Balaban J connectivity index is 2.24. The number of nitrogens with zero attached hydrogens (tertiary/aromatic N) is 2. The summed E-state index contributed by atoms with van der Waals surface area (Å²) in [6, 6.07) is 1.49. The highest BCUT2D eigenvalue weighted by molar-refractivity contribution is 7.99. The first-order valence-electron chi connectivity index (χ1n) is 8.35. The third kappa shape index (κ3) is 4.59. The van der Waals surface area contributed by atoms with E-state index in [2.05, 4.69) is 0 Å². The summed E-state index contributed by atoms with van der Waals surface area (Å²) < 4.78 is 32.0. The van der Waals surface area contributed by atoms with Crippen LogP contribution in [0.1, 0.15) is 23.5 Å². The monoisotopic (exact) mass is 420 g/mol. The van der Waals surface area contributed by atoms with Crippen molar-refractivity contribution in [2.45, 2.75) is 18.7 Å². The van der Waals surface area contributed by atoms with Crippen molar-refractivity contribution in [2.24, 2.45) is 5.92 Å². The number of esters is 1. The molecule has 2 heterocycles. The summed E-state index contributed by atoms with van der Waals surface area (Å²) in [5.74, 6) is 0.252. The molecule has 0 N–H and O–H groups in total. The van der Waals surface area contributed by atoms with E-state index in [0.717, 1.165) is 22.8 Å². The molecule has 1 fully saturated rings. The normalized spacial score (nSPS) is 16.9. The minimum absolute atomic E-state index is 0.0589. The van der Waals surface area contributed by atoms with Gasteiger partial charge in [0.15, 0.2) is 0 Å². The Morgan fingerprint density at radius 1 is 1.35 bits per heavy atom. The van der Waals surface area contributed by atoms with Gasteiger partial charge in [0.1, 0.15) is 9.77 Å². The highest BCUT2D eigenvalue weighted by atomic mass is 32.2. The number of sulfonamides is 1. The Bertz CT molecular complexity index is 741. The van der Waals surface area contributed by atoms with Crippen LogP contribution in [0.15, 0.2) is 16.3 Å². The maximum Gasteiger partial charge on any atom is 0.310 e. The lowest BCUT2D eigenvalue weighted by Gasteiger charge is -2.27. The zero-order valence-electron chi connectivity index (χ0n) is 15.1. The van der Waals surface area contributed by atoms with Gasteiger partial charge in [0, 0.05) is 37.7 Å². The molecule has 1 amide bonds. The summed E-state index contributed by atoms with van der Waals surface area (Å²) in [6.07, 6.45) is 0. The van der Waals surface area contributed by atoms with E-state index in [-0.39, 0.29) is 22.2 Å². The van der Waals surface area contributed by atoms with E-state index in [1.54, 1.807) is 31.0 Å². The third-order valence-corrected chi connectivity index (χ3v) is 8.09. The SMILES string of the molecule is CCN(CC(C)C(=O)OC)C(=O)c1sccc1S(=O)(=O)N1CCSCC1. The minimum Gasteiger partial charge on any atom is -0.469 e. The fourth-order valence-corrected chi connectivity index (χ4v) is 6.63. The number of carbonyl (C=O) groups is 2. The van der Waals surface area contributed by atoms with Crippen molar-refractivity contribution < 1.29 is 22.7 Å². The van der Waals surface area contributed by atoms with Crippen LogP contribution < -0.4 is 0 Å². The zero-order chi connectivity index (χ0) is 19.3. The number of thioether (sulfide) groups is 1. The van der Waals surface area contributed by atoms with Gasteiger partial charge in [0.25, 0.3) is 5.91 Å². The molecule has 1 atom stereocenters. The number of ether oxygens (including phenoxy) is 1. The second-order valence-corrected chi connectivity index (χ2v) is 9.95. The van der Waals surface area contributed by atoms with Crippen LogP contribution in [0.2, 0.25) is 0 Å². The largest absolute Gasteiger partial charge is 0.469 e. The number of methoxy groups -OCH3 is 1. The van der Waals surface area contributed by atoms with E-state index in [1.165, 1.54) is 22.4 Å². The standard InChI is InChI=1S/C16H24N2O5S3/c1-4-17(11-12(2)16(20)23-3)15(19)14-13(5-8-25-14)26(21,22)18-6-9-24-10-7-18/h5,8,12H,4,6-7,9-11H2,1-3H3. The van der Waals surface area contributed by atoms with Gasteiger partial charge in [-0.15, -0.1) is 11.3 Å². The molecule has 10 heteroatoms. The number of amides is 1. The number of hydrogen-bond donors (Lipinski definition) is 0. The molecule has 0 aliphatic carbocycles. The minimum atomic E-state index is -3.69. The summed E-state index contributed by atoms with van der Waals surface area (Å²) in [5.41, 5.74) is 0. The molecule has 1 aromatic rings. The molecule has 0 radical (unpaired) electrons. The van der Waals surface area contributed by atoms with Crippen molar-refractivity contribution >= 4 is 45.0 Å². The zero-order valence-corrected chi connectivity index (χ0v) is 17.6.